The molecule has 7 heteroatoms. The van der Waals surface area contributed by atoms with E-state index in [1.54, 1.807) is 26.0 Å². The van der Waals surface area contributed by atoms with Crippen LogP contribution in [0.25, 0.3) is 0 Å². The standard InChI is InChI=1S/C18H18F2N2O3/c1-10-4-3-5-11(2)17(10)22-18(25)15(9-16(23)24)21-12-6-7-13(19)14(20)8-12/h3-8,15,21H,9H2,1-2H3,(H,22,25)(H,23,24)/p-1/t15-/m1/s1. The summed E-state index contributed by atoms with van der Waals surface area (Å²) >= 11 is 0. The number of hydrogen-bond acceptors (Lipinski definition) is 4. The molecule has 0 fully saturated rings. The van der Waals surface area contributed by atoms with Crippen molar-refractivity contribution in [2.45, 2.75) is 26.3 Å². The van der Waals surface area contributed by atoms with Gasteiger partial charge in [-0.15, -0.1) is 0 Å². The van der Waals surface area contributed by atoms with E-state index in [1.165, 1.54) is 6.07 Å². The summed E-state index contributed by atoms with van der Waals surface area (Å²) in [4.78, 5) is 23.4. The van der Waals surface area contributed by atoms with Crippen LogP contribution >= 0.6 is 0 Å². The molecule has 0 aromatic heterocycles. The third-order valence-electron chi connectivity index (χ3n) is 3.68. The second-order valence-electron chi connectivity index (χ2n) is 5.66. The number of halogens is 2. The van der Waals surface area contributed by atoms with Crippen molar-refractivity contribution in [3.8, 4) is 0 Å². The highest BCUT2D eigenvalue weighted by atomic mass is 19.2. The van der Waals surface area contributed by atoms with Crippen LogP contribution in [0.5, 0.6) is 0 Å². The predicted octanol–water partition coefficient (Wildman–Crippen LogP) is 2.14. The first-order valence-corrected chi connectivity index (χ1v) is 7.56. The second kappa shape index (κ2) is 7.74. The van der Waals surface area contributed by atoms with Gasteiger partial charge in [-0.2, -0.15) is 0 Å². The third kappa shape index (κ3) is 4.76. The van der Waals surface area contributed by atoms with Crippen molar-refractivity contribution in [3.05, 3.63) is 59.2 Å². The van der Waals surface area contributed by atoms with Gasteiger partial charge < -0.3 is 20.5 Å². The summed E-state index contributed by atoms with van der Waals surface area (Å²) in [5.41, 5.74) is 2.28. The Morgan fingerprint density at radius 2 is 1.72 bits per heavy atom. The molecule has 0 saturated carbocycles. The first-order chi connectivity index (χ1) is 11.8. The number of amides is 1. The summed E-state index contributed by atoms with van der Waals surface area (Å²) in [7, 11) is 0. The number of anilines is 2. The van der Waals surface area contributed by atoms with Gasteiger partial charge in [0.05, 0.1) is 0 Å². The molecule has 0 heterocycles. The molecule has 2 rings (SSSR count). The fourth-order valence-corrected chi connectivity index (χ4v) is 2.38. The van der Waals surface area contributed by atoms with Crippen molar-refractivity contribution in [2.24, 2.45) is 0 Å². The fourth-order valence-electron chi connectivity index (χ4n) is 2.38. The van der Waals surface area contributed by atoms with E-state index in [-0.39, 0.29) is 5.69 Å². The van der Waals surface area contributed by atoms with Crippen molar-refractivity contribution >= 4 is 23.3 Å². The first-order valence-electron chi connectivity index (χ1n) is 7.56. The number of carbonyl (C=O) groups is 2. The zero-order chi connectivity index (χ0) is 18.6. The maximum atomic E-state index is 13.3. The quantitative estimate of drug-likeness (QED) is 0.839. The number of carboxylic acids is 1. The normalized spacial score (nSPS) is 11.7. The number of carbonyl (C=O) groups excluding carboxylic acids is 2. The van der Waals surface area contributed by atoms with Crippen LogP contribution in [-0.4, -0.2) is 17.9 Å². The van der Waals surface area contributed by atoms with Crippen LogP contribution in [0.15, 0.2) is 36.4 Å². The Balaban J connectivity index is 2.22. The first kappa shape index (κ1) is 18.4. The Morgan fingerprint density at radius 1 is 1.08 bits per heavy atom. The molecule has 1 amide bonds. The molecule has 0 aliphatic carbocycles. The molecule has 2 N–H and O–H groups in total. The van der Waals surface area contributed by atoms with Crippen molar-refractivity contribution in [3.63, 3.8) is 0 Å². The third-order valence-corrected chi connectivity index (χ3v) is 3.68. The lowest BCUT2D eigenvalue weighted by Gasteiger charge is -2.21. The summed E-state index contributed by atoms with van der Waals surface area (Å²) in [5, 5.41) is 16.2. The number of hydrogen-bond donors (Lipinski definition) is 2. The largest absolute Gasteiger partial charge is 0.550 e. The minimum atomic E-state index is -1.45. The lowest BCUT2D eigenvalue weighted by atomic mass is 10.1. The van der Waals surface area contributed by atoms with Gasteiger partial charge in [-0.05, 0) is 37.1 Å². The molecule has 0 radical (unpaired) electrons. The van der Waals surface area contributed by atoms with Crippen molar-refractivity contribution in [2.75, 3.05) is 10.6 Å². The molecular weight excluding hydrogens is 330 g/mol. The molecular formula is C18H17F2N2O3-. The number of nitrogens with one attached hydrogen (secondary N) is 2. The van der Waals surface area contributed by atoms with Gasteiger partial charge >= 0.3 is 0 Å². The van der Waals surface area contributed by atoms with Crippen LogP contribution in [0.2, 0.25) is 0 Å². The number of para-hydroxylation sites is 1. The van der Waals surface area contributed by atoms with E-state index in [4.69, 9.17) is 0 Å². The molecule has 5 nitrogen and oxygen atoms in total. The van der Waals surface area contributed by atoms with E-state index in [9.17, 15) is 23.5 Å². The van der Waals surface area contributed by atoms with Gasteiger partial charge in [0, 0.05) is 29.8 Å². The summed E-state index contributed by atoms with van der Waals surface area (Å²) in [6.45, 7) is 3.61. The zero-order valence-corrected chi connectivity index (χ0v) is 13.7. The lowest BCUT2D eigenvalue weighted by molar-refractivity contribution is -0.305. The van der Waals surface area contributed by atoms with Crippen LogP contribution in [0.3, 0.4) is 0 Å². The molecule has 2 aromatic carbocycles. The molecule has 0 unspecified atom stereocenters. The average molecular weight is 347 g/mol. The molecule has 25 heavy (non-hydrogen) atoms. The Labute approximate surface area is 143 Å². The van der Waals surface area contributed by atoms with Gasteiger partial charge in [-0.25, -0.2) is 8.78 Å². The zero-order valence-electron chi connectivity index (χ0n) is 13.7. The maximum absolute atomic E-state index is 13.3. The van der Waals surface area contributed by atoms with Gasteiger partial charge in [0.25, 0.3) is 0 Å². The highest BCUT2D eigenvalue weighted by molar-refractivity contribution is 5.99. The van der Waals surface area contributed by atoms with Crippen molar-refractivity contribution in [1.29, 1.82) is 0 Å². The molecule has 132 valence electrons. The summed E-state index contributed by atoms with van der Waals surface area (Å²) in [6, 6.07) is 7.18. The summed E-state index contributed by atoms with van der Waals surface area (Å²) in [6.07, 6.45) is -0.629. The number of aryl methyl sites for hydroxylation is 2. The minimum Gasteiger partial charge on any atom is -0.550 e. The van der Waals surface area contributed by atoms with E-state index in [0.29, 0.717) is 5.69 Å². The van der Waals surface area contributed by atoms with Crippen molar-refractivity contribution in [1.82, 2.24) is 0 Å². The molecule has 0 saturated heterocycles. The number of rotatable bonds is 6. The van der Waals surface area contributed by atoms with Crippen LogP contribution < -0.4 is 15.7 Å². The Bertz CT molecular complexity index is 789. The fraction of sp³-hybridized carbons (Fsp3) is 0.222. The van der Waals surface area contributed by atoms with Gasteiger partial charge in [0.15, 0.2) is 11.6 Å². The Kier molecular flexibility index (Phi) is 5.69. The molecule has 1 atom stereocenters. The Morgan fingerprint density at radius 3 is 2.28 bits per heavy atom. The van der Waals surface area contributed by atoms with E-state index < -0.39 is 36.0 Å². The van der Waals surface area contributed by atoms with Gasteiger partial charge in [-0.3, -0.25) is 4.79 Å². The number of aliphatic carboxylic acids is 1. The van der Waals surface area contributed by atoms with Crippen molar-refractivity contribution < 1.29 is 23.5 Å². The van der Waals surface area contributed by atoms with Gasteiger partial charge in [-0.1, -0.05) is 18.2 Å². The summed E-state index contributed by atoms with van der Waals surface area (Å²) < 4.78 is 26.3. The van der Waals surface area contributed by atoms with Crippen LogP contribution in [0, 0.1) is 25.5 Å². The lowest BCUT2D eigenvalue weighted by Crippen LogP contribution is -2.40. The van der Waals surface area contributed by atoms with Gasteiger partial charge in [0.1, 0.15) is 6.04 Å². The summed E-state index contributed by atoms with van der Waals surface area (Å²) in [5.74, 6) is -4.21. The molecule has 2 aromatic rings. The van der Waals surface area contributed by atoms with E-state index in [2.05, 4.69) is 10.6 Å². The minimum absolute atomic E-state index is 0.0850. The number of benzene rings is 2. The van der Waals surface area contributed by atoms with E-state index >= 15 is 0 Å². The van der Waals surface area contributed by atoms with Crippen LogP contribution in [0.1, 0.15) is 17.5 Å². The maximum Gasteiger partial charge on any atom is 0.247 e. The Hall–Kier alpha value is -2.96. The molecule has 0 aliphatic heterocycles. The predicted molar refractivity (Wildman–Crippen MR) is 87.9 cm³/mol. The highest BCUT2D eigenvalue weighted by Crippen LogP contribution is 2.21. The smallest absolute Gasteiger partial charge is 0.247 e. The molecule has 0 aliphatic rings. The highest BCUT2D eigenvalue weighted by Gasteiger charge is 2.20. The average Bonchev–Trinajstić information content (AvgIpc) is 2.53. The van der Waals surface area contributed by atoms with E-state index in [1.807, 2.05) is 6.07 Å². The monoisotopic (exact) mass is 347 g/mol. The van der Waals surface area contributed by atoms with Gasteiger partial charge in [0.2, 0.25) is 5.91 Å². The van der Waals surface area contributed by atoms with Crippen LogP contribution in [0.4, 0.5) is 20.2 Å². The SMILES string of the molecule is Cc1cccc(C)c1NC(=O)[C@@H](CC(=O)[O-])Nc1ccc(F)c(F)c1. The molecule has 0 bridgehead atoms. The second-order valence-corrected chi connectivity index (χ2v) is 5.66. The number of carboxylic acid groups (broad SMARTS) is 1. The van der Waals surface area contributed by atoms with E-state index in [0.717, 1.165) is 23.3 Å². The molecule has 0 spiro atoms. The van der Waals surface area contributed by atoms with Crippen LogP contribution in [-0.2, 0) is 9.59 Å². The topological polar surface area (TPSA) is 81.3 Å².